The fraction of sp³-hybridized carbons (Fsp3) is 0.143. The van der Waals surface area contributed by atoms with Crippen molar-refractivity contribution >= 4 is 33.9 Å². The molecular weight excluding hydrogens is 312 g/mol. The number of methoxy groups -OCH3 is 1. The van der Waals surface area contributed by atoms with Crippen LogP contribution in [0.25, 0.3) is 16.2 Å². The molecule has 0 aliphatic carbocycles. The minimum absolute atomic E-state index is 0.00382. The number of carbonyl (C=O) groups is 1. The molecule has 108 valence electrons. The van der Waals surface area contributed by atoms with E-state index in [4.69, 9.17) is 21.4 Å². The Morgan fingerprint density at radius 1 is 1.48 bits per heavy atom. The molecule has 0 saturated carbocycles. The lowest BCUT2D eigenvalue weighted by molar-refractivity contribution is -0.136. The van der Waals surface area contributed by atoms with Crippen molar-refractivity contribution in [3.05, 3.63) is 40.5 Å². The van der Waals surface area contributed by atoms with Gasteiger partial charge in [-0.1, -0.05) is 11.6 Å². The summed E-state index contributed by atoms with van der Waals surface area (Å²) in [6.45, 7) is 0. The van der Waals surface area contributed by atoms with Crippen LogP contribution in [0.2, 0.25) is 5.02 Å². The summed E-state index contributed by atoms with van der Waals surface area (Å²) in [7, 11) is 1.59. The van der Waals surface area contributed by atoms with E-state index in [1.165, 1.54) is 11.3 Å². The number of thiazole rings is 1. The molecule has 0 fully saturated rings. The van der Waals surface area contributed by atoms with Gasteiger partial charge in [-0.25, -0.2) is 4.98 Å². The first-order valence-electron chi connectivity index (χ1n) is 6.10. The first-order chi connectivity index (χ1) is 10.1. The molecule has 0 spiro atoms. The first kappa shape index (κ1) is 13.9. The van der Waals surface area contributed by atoms with Gasteiger partial charge in [0.1, 0.15) is 5.75 Å². The van der Waals surface area contributed by atoms with Crippen molar-refractivity contribution in [1.29, 1.82) is 0 Å². The van der Waals surface area contributed by atoms with Crippen LogP contribution in [0.15, 0.2) is 30.6 Å². The van der Waals surface area contributed by atoms with E-state index in [1.54, 1.807) is 31.5 Å². The number of imidazole rings is 1. The fourth-order valence-corrected chi connectivity index (χ4v) is 3.21. The van der Waals surface area contributed by atoms with E-state index in [2.05, 4.69) is 4.98 Å². The Hall–Kier alpha value is -2.05. The third kappa shape index (κ3) is 2.72. The molecule has 0 amide bonds. The summed E-state index contributed by atoms with van der Waals surface area (Å²) in [5.41, 5.74) is 1.54. The van der Waals surface area contributed by atoms with Crippen molar-refractivity contribution in [2.45, 2.75) is 6.42 Å². The van der Waals surface area contributed by atoms with Crippen LogP contribution < -0.4 is 4.74 Å². The number of aromatic nitrogens is 2. The van der Waals surface area contributed by atoms with Crippen LogP contribution in [0.4, 0.5) is 0 Å². The lowest BCUT2D eigenvalue weighted by Gasteiger charge is -2.06. The zero-order valence-corrected chi connectivity index (χ0v) is 12.6. The SMILES string of the molecule is COc1ccc(Cl)cc1-c1cn2cc(CC(=O)O)sc2n1. The lowest BCUT2D eigenvalue weighted by atomic mass is 10.1. The van der Waals surface area contributed by atoms with E-state index in [-0.39, 0.29) is 6.42 Å². The quantitative estimate of drug-likeness (QED) is 0.800. The summed E-state index contributed by atoms with van der Waals surface area (Å²) < 4.78 is 7.14. The highest BCUT2D eigenvalue weighted by Crippen LogP contribution is 2.33. The van der Waals surface area contributed by atoms with E-state index in [0.29, 0.717) is 10.8 Å². The number of hydrogen-bond donors (Lipinski definition) is 1. The molecule has 7 heteroatoms. The van der Waals surface area contributed by atoms with Crippen molar-refractivity contribution < 1.29 is 14.6 Å². The topological polar surface area (TPSA) is 63.8 Å². The molecule has 0 atom stereocenters. The number of ether oxygens (including phenoxy) is 1. The van der Waals surface area contributed by atoms with E-state index >= 15 is 0 Å². The monoisotopic (exact) mass is 322 g/mol. The maximum absolute atomic E-state index is 10.7. The Morgan fingerprint density at radius 2 is 2.29 bits per heavy atom. The molecule has 0 radical (unpaired) electrons. The van der Waals surface area contributed by atoms with Gasteiger partial charge in [-0.15, -0.1) is 11.3 Å². The van der Waals surface area contributed by atoms with Crippen molar-refractivity contribution in [3.63, 3.8) is 0 Å². The van der Waals surface area contributed by atoms with Gasteiger partial charge in [-0.3, -0.25) is 9.20 Å². The number of rotatable bonds is 4. The van der Waals surface area contributed by atoms with Gasteiger partial charge < -0.3 is 9.84 Å². The Balaban J connectivity index is 2.03. The number of hydrogen-bond acceptors (Lipinski definition) is 4. The number of aliphatic carboxylic acids is 1. The smallest absolute Gasteiger partial charge is 0.308 e. The second-order valence-corrected chi connectivity index (χ2v) is 5.96. The molecule has 3 rings (SSSR count). The van der Waals surface area contributed by atoms with E-state index in [1.807, 2.05) is 10.6 Å². The Bertz CT molecular complexity index is 793. The molecule has 0 bridgehead atoms. The summed E-state index contributed by atoms with van der Waals surface area (Å²) in [6, 6.07) is 5.35. The van der Waals surface area contributed by atoms with Gasteiger partial charge >= 0.3 is 5.97 Å². The molecule has 1 N–H and O–H groups in total. The van der Waals surface area contributed by atoms with E-state index in [9.17, 15) is 4.79 Å². The van der Waals surface area contributed by atoms with Crippen LogP contribution >= 0.6 is 22.9 Å². The van der Waals surface area contributed by atoms with E-state index < -0.39 is 5.97 Å². The predicted molar refractivity (Wildman–Crippen MR) is 81.4 cm³/mol. The standard InChI is InChI=1S/C14H11ClN2O3S/c1-20-12-3-2-8(15)4-10(12)11-7-17-6-9(5-13(18)19)21-14(17)16-11/h2-4,6-7H,5H2,1H3,(H,18,19). The van der Waals surface area contributed by atoms with Crippen LogP contribution in [0.3, 0.4) is 0 Å². The van der Waals surface area contributed by atoms with Gasteiger partial charge in [0.15, 0.2) is 4.96 Å². The van der Waals surface area contributed by atoms with Gasteiger partial charge in [0.05, 0.1) is 19.2 Å². The van der Waals surface area contributed by atoms with Gasteiger partial charge in [0.2, 0.25) is 0 Å². The fourth-order valence-electron chi connectivity index (χ4n) is 2.08. The van der Waals surface area contributed by atoms with Crippen molar-refractivity contribution in [2.75, 3.05) is 7.11 Å². The van der Waals surface area contributed by atoms with Crippen molar-refractivity contribution in [2.24, 2.45) is 0 Å². The summed E-state index contributed by atoms with van der Waals surface area (Å²) in [6.07, 6.45) is 3.62. The van der Waals surface area contributed by atoms with Crippen LogP contribution in [0.1, 0.15) is 4.88 Å². The molecule has 1 aromatic carbocycles. The summed E-state index contributed by atoms with van der Waals surface area (Å²) in [5, 5.41) is 9.41. The maximum Gasteiger partial charge on any atom is 0.308 e. The maximum atomic E-state index is 10.7. The Morgan fingerprint density at radius 3 is 2.95 bits per heavy atom. The molecule has 2 heterocycles. The molecule has 0 unspecified atom stereocenters. The van der Waals surface area contributed by atoms with Crippen LogP contribution in [-0.4, -0.2) is 27.6 Å². The third-order valence-corrected chi connectivity index (χ3v) is 4.20. The molecular formula is C14H11ClN2O3S. The lowest BCUT2D eigenvalue weighted by Crippen LogP contribution is -1.97. The number of carboxylic acid groups (broad SMARTS) is 1. The predicted octanol–water partition coefficient (Wildman–Crippen LogP) is 3.35. The summed E-state index contributed by atoms with van der Waals surface area (Å²) in [4.78, 5) is 16.7. The normalized spacial score (nSPS) is 11.0. The average molecular weight is 323 g/mol. The highest BCUT2D eigenvalue weighted by Gasteiger charge is 2.13. The van der Waals surface area contributed by atoms with E-state index in [0.717, 1.165) is 21.1 Å². The Labute approximate surface area is 129 Å². The Kier molecular flexibility index (Phi) is 3.57. The third-order valence-electron chi connectivity index (χ3n) is 2.97. The second kappa shape index (κ2) is 5.38. The largest absolute Gasteiger partial charge is 0.496 e. The van der Waals surface area contributed by atoms with Gasteiger partial charge in [0.25, 0.3) is 0 Å². The molecule has 21 heavy (non-hydrogen) atoms. The molecule has 5 nitrogen and oxygen atoms in total. The zero-order chi connectivity index (χ0) is 15.0. The van der Waals surface area contributed by atoms with Crippen molar-refractivity contribution in [1.82, 2.24) is 9.38 Å². The van der Waals surface area contributed by atoms with Crippen LogP contribution in [-0.2, 0) is 11.2 Å². The zero-order valence-electron chi connectivity index (χ0n) is 11.0. The first-order valence-corrected chi connectivity index (χ1v) is 7.29. The number of carboxylic acids is 1. The van der Waals surface area contributed by atoms with Crippen molar-refractivity contribution in [3.8, 4) is 17.0 Å². The molecule has 0 aliphatic rings. The number of nitrogens with zero attached hydrogens (tertiary/aromatic N) is 2. The van der Waals surface area contributed by atoms with Crippen LogP contribution in [0.5, 0.6) is 5.75 Å². The highest BCUT2D eigenvalue weighted by molar-refractivity contribution is 7.17. The molecule has 2 aromatic heterocycles. The summed E-state index contributed by atoms with van der Waals surface area (Å²) >= 11 is 7.38. The molecule has 0 saturated heterocycles. The molecule has 0 aliphatic heterocycles. The highest BCUT2D eigenvalue weighted by atomic mass is 35.5. The summed E-state index contributed by atoms with van der Waals surface area (Å²) in [5.74, 6) is -0.160. The second-order valence-electron chi connectivity index (χ2n) is 4.43. The molecule has 3 aromatic rings. The van der Waals surface area contributed by atoms with Gasteiger partial charge in [0, 0.05) is 27.9 Å². The minimum atomic E-state index is -0.851. The van der Waals surface area contributed by atoms with Gasteiger partial charge in [-0.05, 0) is 18.2 Å². The van der Waals surface area contributed by atoms with Crippen LogP contribution in [0, 0.1) is 0 Å². The van der Waals surface area contributed by atoms with Gasteiger partial charge in [-0.2, -0.15) is 0 Å². The number of fused-ring (bicyclic) bond motifs is 1. The minimum Gasteiger partial charge on any atom is -0.496 e. The number of benzene rings is 1. The number of halogens is 1. The average Bonchev–Trinajstić information content (AvgIpc) is 2.95.